The zero-order chi connectivity index (χ0) is 9.80. The van der Waals surface area contributed by atoms with E-state index in [-0.39, 0.29) is 5.88 Å². The molecule has 0 saturated heterocycles. The monoisotopic (exact) mass is 190 g/mol. The van der Waals surface area contributed by atoms with Crippen molar-refractivity contribution < 1.29 is 9.13 Å². The normalized spacial score (nSPS) is 9.79. The lowest BCUT2D eigenvalue weighted by Gasteiger charge is -2.02. The molecule has 2 aromatic rings. The van der Waals surface area contributed by atoms with E-state index in [1.807, 2.05) is 18.2 Å². The second-order valence-corrected chi connectivity index (χ2v) is 2.59. The summed E-state index contributed by atoms with van der Waals surface area (Å²) < 4.78 is 17.9. The Hall–Kier alpha value is -1.97. The molecule has 0 N–H and O–H groups in total. The maximum Gasteiger partial charge on any atom is 0.225 e. The number of benzene rings is 1. The topological polar surface area (TPSA) is 35.0 Å². The van der Waals surface area contributed by atoms with Crippen LogP contribution in [0.2, 0.25) is 0 Å². The molecule has 1 heterocycles. The molecular weight excluding hydrogens is 183 g/mol. The van der Waals surface area contributed by atoms with E-state index in [0.717, 1.165) is 12.4 Å². The van der Waals surface area contributed by atoms with Crippen molar-refractivity contribution in [3.63, 3.8) is 0 Å². The highest BCUT2D eigenvalue weighted by Gasteiger charge is 1.99. The van der Waals surface area contributed by atoms with Gasteiger partial charge in [0, 0.05) is 0 Å². The van der Waals surface area contributed by atoms with E-state index in [1.54, 1.807) is 12.1 Å². The first-order chi connectivity index (χ1) is 6.84. The van der Waals surface area contributed by atoms with Crippen LogP contribution in [-0.4, -0.2) is 9.97 Å². The number of hydrogen-bond acceptors (Lipinski definition) is 3. The zero-order valence-electron chi connectivity index (χ0n) is 7.22. The number of hydrogen-bond donors (Lipinski definition) is 0. The van der Waals surface area contributed by atoms with Crippen molar-refractivity contribution in [3.05, 3.63) is 48.7 Å². The van der Waals surface area contributed by atoms with Crippen LogP contribution in [0.4, 0.5) is 4.39 Å². The van der Waals surface area contributed by atoms with Crippen molar-refractivity contribution in [2.75, 3.05) is 0 Å². The molecule has 0 bridgehead atoms. The number of ether oxygens (including phenoxy) is 1. The molecule has 0 aliphatic rings. The maximum absolute atomic E-state index is 12.6. The molecule has 14 heavy (non-hydrogen) atoms. The molecule has 0 spiro atoms. The van der Waals surface area contributed by atoms with Gasteiger partial charge < -0.3 is 4.74 Å². The highest BCUT2D eigenvalue weighted by molar-refractivity contribution is 5.25. The van der Waals surface area contributed by atoms with Crippen molar-refractivity contribution in [2.45, 2.75) is 0 Å². The first-order valence-electron chi connectivity index (χ1n) is 4.05. The van der Waals surface area contributed by atoms with Crippen LogP contribution >= 0.6 is 0 Å². The highest BCUT2D eigenvalue weighted by Crippen LogP contribution is 2.17. The van der Waals surface area contributed by atoms with Crippen LogP contribution in [0.1, 0.15) is 0 Å². The number of nitrogens with zero attached hydrogens (tertiary/aromatic N) is 2. The van der Waals surface area contributed by atoms with Crippen LogP contribution in [0.3, 0.4) is 0 Å². The lowest BCUT2D eigenvalue weighted by molar-refractivity contribution is 0.450. The van der Waals surface area contributed by atoms with Gasteiger partial charge in [-0.2, -0.15) is 4.39 Å². The number of rotatable bonds is 2. The van der Waals surface area contributed by atoms with Crippen LogP contribution < -0.4 is 4.74 Å². The van der Waals surface area contributed by atoms with E-state index < -0.39 is 5.95 Å². The minimum absolute atomic E-state index is 0.198. The third-order valence-corrected chi connectivity index (χ3v) is 1.57. The van der Waals surface area contributed by atoms with E-state index in [2.05, 4.69) is 9.97 Å². The Kier molecular flexibility index (Phi) is 2.36. The molecule has 0 amide bonds. The molecule has 1 aromatic heterocycles. The molecule has 0 saturated carbocycles. The van der Waals surface area contributed by atoms with Crippen LogP contribution in [0.15, 0.2) is 42.7 Å². The summed E-state index contributed by atoms with van der Waals surface area (Å²) in [5.41, 5.74) is 0. The van der Waals surface area contributed by atoms with E-state index in [0.29, 0.717) is 5.75 Å². The molecule has 4 heteroatoms. The van der Waals surface area contributed by atoms with Crippen molar-refractivity contribution in [3.8, 4) is 11.6 Å². The molecule has 0 aliphatic carbocycles. The Balaban J connectivity index is 2.19. The van der Waals surface area contributed by atoms with Gasteiger partial charge in [0.2, 0.25) is 11.8 Å². The van der Waals surface area contributed by atoms with Crippen LogP contribution in [-0.2, 0) is 0 Å². The van der Waals surface area contributed by atoms with Gasteiger partial charge in [-0.15, -0.1) is 0 Å². The molecule has 1 aromatic carbocycles. The quantitative estimate of drug-likeness (QED) is 0.682. The standard InChI is InChI=1S/C10H7FN2O/c11-9-6-10(13-7-12-9)14-8-4-2-1-3-5-8/h1-7H. The Morgan fingerprint density at radius 2 is 1.86 bits per heavy atom. The first-order valence-corrected chi connectivity index (χ1v) is 4.05. The van der Waals surface area contributed by atoms with E-state index in [9.17, 15) is 4.39 Å². The fourth-order valence-corrected chi connectivity index (χ4v) is 0.982. The second kappa shape index (κ2) is 3.83. The Labute approximate surface area is 80.2 Å². The van der Waals surface area contributed by atoms with Gasteiger partial charge in [0.25, 0.3) is 0 Å². The molecule has 3 nitrogen and oxygen atoms in total. The summed E-state index contributed by atoms with van der Waals surface area (Å²) in [6.45, 7) is 0. The predicted molar refractivity (Wildman–Crippen MR) is 48.5 cm³/mol. The Morgan fingerprint density at radius 1 is 1.07 bits per heavy atom. The average Bonchev–Trinajstić information content (AvgIpc) is 2.19. The summed E-state index contributed by atoms with van der Waals surface area (Å²) in [4.78, 5) is 7.09. The summed E-state index contributed by atoms with van der Waals surface area (Å²) in [5.74, 6) is 0.209. The summed E-state index contributed by atoms with van der Waals surface area (Å²) in [7, 11) is 0. The lowest BCUT2D eigenvalue weighted by Crippen LogP contribution is -1.90. The molecule has 70 valence electrons. The molecule has 0 radical (unpaired) electrons. The minimum atomic E-state index is -0.606. The second-order valence-electron chi connectivity index (χ2n) is 2.59. The zero-order valence-corrected chi connectivity index (χ0v) is 7.22. The van der Waals surface area contributed by atoms with Gasteiger partial charge in [0.05, 0.1) is 6.07 Å². The predicted octanol–water partition coefficient (Wildman–Crippen LogP) is 2.41. The van der Waals surface area contributed by atoms with Crippen LogP contribution in [0, 0.1) is 5.95 Å². The van der Waals surface area contributed by atoms with Crippen molar-refractivity contribution >= 4 is 0 Å². The number of halogens is 1. The van der Waals surface area contributed by atoms with Crippen molar-refractivity contribution in [1.82, 2.24) is 9.97 Å². The van der Waals surface area contributed by atoms with Crippen LogP contribution in [0.5, 0.6) is 11.6 Å². The molecular formula is C10H7FN2O. The van der Waals surface area contributed by atoms with Crippen molar-refractivity contribution in [2.24, 2.45) is 0 Å². The van der Waals surface area contributed by atoms with Gasteiger partial charge in [0.15, 0.2) is 0 Å². The Bertz CT molecular complexity index is 419. The SMILES string of the molecule is Fc1cc(Oc2ccccc2)ncn1. The minimum Gasteiger partial charge on any atom is -0.439 e. The number of aromatic nitrogens is 2. The summed E-state index contributed by atoms with van der Waals surface area (Å²) in [6, 6.07) is 10.2. The van der Waals surface area contributed by atoms with Gasteiger partial charge in [-0.3, -0.25) is 0 Å². The van der Waals surface area contributed by atoms with Gasteiger partial charge in [-0.25, -0.2) is 9.97 Å². The maximum atomic E-state index is 12.6. The first kappa shape index (κ1) is 8.62. The van der Waals surface area contributed by atoms with E-state index in [1.165, 1.54) is 0 Å². The van der Waals surface area contributed by atoms with Crippen LogP contribution in [0.25, 0.3) is 0 Å². The van der Waals surface area contributed by atoms with Gasteiger partial charge in [-0.1, -0.05) is 18.2 Å². The van der Waals surface area contributed by atoms with E-state index >= 15 is 0 Å². The number of para-hydroxylation sites is 1. The summed E-state index contributed by atoms with van der Waals surface area (Å²) in [5, 5.41) is 0. The fraction of sp³-hybridized carbons (Fsp3) is 0. The highest BCUT2D eigenvalue weighted by atomic mass is 19.1. The fourth-order valence-electron chi connectivity index (χ4n) is 0.982. The summed E-state index contributed by atoms with van der Waals surface area (Å²) in [6.07, 6.45) is 1.12. The lowest BCUT2D eigenvalue weighted by atomic mass is 10.3. The van der Waals surface area contributed by atoms with Gasteiger partial charge >= 0.3 is 0 Å². The van der Waals surface area contributed by atoms with Crippen molar-refractivity contribution in [1.29, 1.82) is 0 Å². The average molecular weight is 190 g/mol. The third kappa shape index (κ3) is 2.04. The smallest absolute Gasteiger partial charge is 0.225 e. The molecule has 0 unspecified atom stereocenters. The largest absolute Gasteiger partial charge is 0.439 e. The molecule has 2 rings (SSSR count). The Morgan fingerprint density at radius 3 is 2.57 bits per heavy atom. The molecule has 0 aliphatic heterocycles. The molecule has 0 atom stereocenters. The summed E-state index contributed by atoms with van der Waals surface area (Å²) >= 11 is 0. The molecule has 0 fully saturated rings. The van der Waals surface area contributed by atoms with E-state index in [4.69, 9.17) is 4.74 Å². The van der Waals surface area contributed by atoms with Gasteiger partial charge in [-0.05, 0) is 12.1 Å². The van der Waals surface area contributed by atoms with Gasteiger partial charge in [0.1, 0.15) is 12.1 Å². The third-order valence-electron chi connectivity index (χ3n) is 1.57.